The Morgan fingerprint density at radius 3 is 2.57 bits per heavy atom. The van der Waals surface area contributed by atoms with Crippen LogP contribution in [0.5, 0.6) is 0 Å². The molecule has 2 N–H and O–H groups in total. The minimum atomic E-state index is -0.491. The van der Waals surface area contributed by atoms with Crippen molar-refractivity contribution in [2.45, 2.75) is 25.7 Å². The van der Waals surface area contributed by atoms with E-state index in [4.69, 9.17) is 9.47 Å². The first-order valence-electron chi connectivity index (χ1n) is 7.50. The zero-order valence-electron chi connectivity index (χ0n) is 13.7. The topological polar surface area (TPSA) is 79.9 Å². The Labute approximate surface area is 135 Å². The molecule has 1 aromatic carbocycles. The Hall–Kier alpha value is -2.12. The predicted molar refractivity (Wildman–Crippen MR) is 86.3 cm³/mol. The SMILES string of the molecule is COC(CNC(=O)N[C@H]1CC(=O)N(c2ccc(C)cc2)C1)OC. The molecule has 1 atom stereocenters. The molecule has 1 fully saturated rings. The maximum Gasteiger partial charge on any atom is 0.315 e. The Balaban J connectivity index is 1.85. The highest BCUT2D eigenvalue weighted by atomic mass is 16.7. The van der Waals surface area contributed by atoms with Crippen molar-refractivity contribution in [1.82, 2.24) is 10.6 Å². The van der Waals surface area contributed by atoms with Gasteiger partial charge in [0.05, 0.1) is 12.6 Å². The number of methoxy groups -OCH3 is 2. The van der Waals surface area contributed by atoms with Gasteiger partial charge in [-0.2, -0.15) is 0 Å². The molecule has 0 spiro atoms. The van der Waals surface area contributed by atoms with Crippen LogP contribution in [0.1, 0.15) is 12.0 Å². The fraction of sp³-hybridized carbons (Fsp3) is 0.500. The van der Waals surface area contributed by atoms with Crippen LogP contribution in [0.15, 0.2) is 24.3 Å². The van der Waals surface area contributed by atoms with Gasteiger partial charge in [-0.05, 0) is 19.1 Å². The molecule has 0 aliphatic carbocycles. The van der Waals surface area contributed by atoms with E-state index in [0.29, 0.717) is 13.0 Å². The van der Waals surface area contributed by atoms with E-state index in [-0.39, 0.29) is 24.5 Å². The third kappa shape index (κ3) is 4.67. The molecular weight excluding hydrogens is 298 g/mol. The van der Waals surface area contributed by atoms with E-state index in [2.05, 4.69) is 10.6 Å². The minimum Gasteiger partial charge on any atom is -0.354 e. The molecule has 1 aromatic rings. The summed E-state index contributed by atoms with van der Waals surface area (Å²) in [5, 5.41) is 5.46. The number of hydrogen-bond donors (Lipinski definition) is 2. The molecule has 0 aromatic heterocycles. The summed E-state index contributed by atoms with van der Waals surface area (Å²) >= 11 is 0. The first-order valence-corrected chi connectivity index (χ1v) is 7.50. The molecule has 1 heterocycles. The molecule has 126 valence electrons. The molecule has 7 heteroatoms. The molecule has 7 nitrogen and oxygen atoms in total. The van der Waals surface area contributed by atoms with Gasteiger partial charge in [-0.25, -0.2) is 4.79 Å². The van der Waals surface area contributed by atoms with Crippen LogP contribution in [-0.2, 0) is 14.3 Å². The maximum absolute atomic E-state index is 12.1. The average molecular weight is 321 g/mol. The van der Waals surface area contributed by atoms with Gasteiger partial charge in [0.25, 0.3) is 0 Å². The number of ether oxygens (including phenoxy) is 2. The van der Waals surface area contributed by atoms with Gasteiger partial charge in [-0.1, -0.05) is 17.7 Å². The molecular formula is C16H23N3O4. The molecule has 23 heavy (non-hydrogen) atoms. The fourth-order valence-electron chi connectivity index (χ4n) is 2.45. The second-order valence-corrected chi connectivity index (χ2v) is 5.50. The zero-order valence-corrected chi connectivity index (χ0v) is 13.7. The summed E-state index contributed by atoms with van der Waals surface area (Å²) in [7, 11) is 3.01. The second-order valence-electron chi connectivity index (χ2n) is 5.50. The molecule has 1 saturated heterocycles. The van der Waals surface area contributed by atoms with Gasteiger partial charge in [-0.15, -0.1) is 0 Å². The number of hydrogen-bond acceptors (Lipinski definition) is 4. The van der Waals surface area contributed by atoms with Crippen LogP contribution < -0.4 is 15.5 Å². The third-order valence-electron chi connectivity index (χ3n) is 3.76. The van der Waals surface area contributed by atoms with E-state index >= 15 is 0 Å². The Morgan fingerprint density at radius 2 is 1.96 bits per heavy atom. The van der Waals surface area contributed by atoms with E-state index in [0.717, 1.165) is 11.3 Å². The van der Waals surface area contributed by atoms with Gasteiger partial charge in [0, 0.05) is 32.9 Å². The molecule has 1 aliphatic heterocycles. The third-order valence-corrected chi connectivity index (χ3v) is 3.76. The van der Waals surface area contributed by atoms with Gasteiger partial charge < -0.3 is 25.0 Å². The molecule has 0 bridgehead atoms. The van der Waals surface area contributed by atoms with Crippen LogP contribution >= 0.6 is 0 Å². The number of amides is 3. The normalized spacial score (nSPS) is 17.7. The van der Waals surface area contributed by atoms with E-state index < -0.39 is 6.29 Å². The maximum atomic E-state index is 12.1. The lowest BCUT2D eigenvalue weighted by Gasteiger charge is -2.18. The first-order chi connectivity index (χ1) is 11.0. The summed E-state index contributed by atoms with van der Waals surface area (Å²) in [5.74, 6) is 0.00538. The summed E-state index contributed by atoms with van der Waals surface area (Å²) in [6.07, 6.45) is -0.200. The smallest absolute Gasteiger partial charge is 0.315 e. The van der Waals surface area contributed by atoms with Crippen LogP contribution in [0, 0.1) is 6.92 Å². The van der Waals surface area contributed by atoms with Gasteiger partial charge >= 0.3 is 6.03 Å². The van der Waals surface area contributed by atoms with Crippen molar-refractivity contribution in [3.63, 3.8) is 0 Å². The van der Waals surface area contributed by atoms with Crippen molar-refractivity contribution < 1.29 is 19.1 Å². The highest BCUT2D eigenvalue weighted by Gasteiger charge is 2.31. The lowest BCUT2D eigenvalue weighted by Crippen LogP contribution is -2.46. The monoisotopic (exact) mass is 321 g/mol. The number of carbonyl (C=O) groups excluding carboxylic acids is 2. The van der Waals surface area contributed by atoms with Crippen LogP contribution in [-0.4, -0.2) is 51.6 Å². The van der Waals surface area contributed by atoms with Gasteiger partial charge in [0.15, 0.2) is 6.29 Å². The molecule has 1 aliphatic rings. The van der Waals surface area contributed by atoms with Gasteiger partial charge in [-0.3, -0.25) is 4.79 Å². The zero-order chi connectivity index (χ0) is 16.8. The summed E-state index contributed by atoms with van der Waals surface area (Å²) in [6.45, 7) is 2.70. The number of rotatable bonds is 6. The lowest BCUT2D eigenvalue weighted by atomic mass is 10.2. The van der Waals surface area contributed by atoms with Gasteiger partial charge in [0.1, 0.15) is 0 Å². The number of anilines is 1. The molecule has 3 amide bonds. The average Bonchev–Trinajstić information content (AvgIpc) is 2.89. The number of carbonyl (C=O) groups is 2. The van der Waals surface area contributed by atoms with Crippen LogP contribution in [0.4, 0.5) is 10.5 Å². The van der Waals surface area contributed by atoms with Crippen LogP contribution in [0.2, 0.25) is 0 Å². The summed E-state index contributed by atoms with van der Waals surface area (Å²) in [6, 6.07) is 7.20. The van der Waals surface area contributed by atoms with Crippen molar-refractivity contribution in [2.75, 3.05) is 32.2 Å². The Morgan fingerprint density at radius 1 is 1.30 bits per heavy atom. The fourth-order valence-corrected chi connectivity index (χ4v) is 2.45. The Kier molecular flexibility index (Phi) is 5.95. The Bertz CT molecular complexity index is 543. The largest absolute Gasteiger partial charge is 0.354 e. The highest BCUT2D eigenvalue weighted by molar-refractivity contribution is 5.96. The van der Waals surface area contributed by atoms with Crippen molar-refractivity contribution >= 4 is 17.6 Å². The number of benzene rings is 1. The summed E-state index contributed by atoms with van der Waals surface area (Å²) < 4.78 is 9.99. The summed E-state index contributed by atoms with van der Waals surface area (Å²) in [5.41, 5.74) is 1.99. The van der Waals surface area contributed by atoms with E-state index in [1.165, 1.54) is 14.2 Å². The quantitative estimate of drug-likeness (QED) is 0.767. The first kappa shape index (κ1) is 17.2. The lowest BCUT2D eigenvalue weighted by molar-refractivity contribution is -0.117. The number of aryl methyl sites for hydroxylation is 1. The van der Waals surface area contributed by atoms with Crippen LogP contribution in [0.25, 0.3) is 0 Å². The molecule has 0 saturated carbocycles. The van der Waals surface area contributed by atoms with Crippen molar-refractivity contribution in [1.29, 1.82) is 0 Å². The molecule has 2 rings (SSSR count). The van der Waals surface area contributed by atoms with Crippen LogP contribution in [0.3, 0.4) is 0 Å². The van der Waals surface area contributed by atoms with Gasteiger partial charge in [0.2, 0.25) is 5.91 Å². The van der Waals surface area contributed by atoms with Crippen molar-refractivity contribution in [2.24, 2.45) is 0 Å². The minimum absolute atomic E-state index is 0.00538. The second kappa shape index (κ2) is 7.94. The van der Waals surface area contributed by atoms with E-state index in [9.17, 15) is 9.59 Å². The predicted octanol–water partition coefficient (Wildman–Crippen LogP) is 1.02. The molecule has 0 radical (unpaired) electrons. The summed E-state index contributed by atoms with van der Waals surface area (Å²) in [4.78, 5) is 25.7. The van der Waals surface area contributed by atoms with E-state index in [1.54, 1.807) is 4.90 Å². The standard InChI is InChI=1S/C16H23N3O4/c1-11-4-6-13(7-5-11)19-10-12(8-14(19)20)18-16(21)17-9-15(22-2)23-3/h4-7,12,15H,8-10H2,1-3H3,(H2,17,18,21)/t12-/m0/s1. The van der Waals surface area contributed by atoms with E-state index in [1.807, 2.05) is 31.2 Å². The number of nitrogens with one attached hydrogen (secondary N) is 2. The van der Waals surface area contributed by atoms with Crippen molar-refractivity contribution in [3.8, 4) is 0 Å². The molecule has 0 unspecified atom stereocenters. The number of urea groups is 1. The highest BCUT2D eigenvalue weighted by Crippen LogP contribution is 2.21. The van der Waals surface area contributed by atoms with Crippen molar-refractivity contribution in [3.05, 3.63) is 29.8 Å². The number of nitrogens with zero attached hydrogens (tertiary/aromatic N) is 1.